The first kappa shape index (κ1) is 20.8. The average molecular weight is 365 g/mol. The zero-order chi connectivity index (χ0) is 19.7. The molecule has 26 heavy (non-hydrogen) atoms. The molecule has 1 N–H and O–H groups in total. The van der Waals surface area contributed by atoms with Crippen molar-refractivity contribution in [2.75, 3.05) is 20.6 Å². The van der Waals surface area contributed by atoms with E-state index in [1.807, 2.05) is 14.1 Å². The fourth-order valence-corrected chi connectivity index (χ4v) is 3.77. The topological polar surface area (TPSA) is 49.8 Å². The van der Waals surface area contributed by atoms with E-state index in [9.17, 15) is 14.3 Å². The van der Waals surface area contributed by atoms with Crippen molar-refractivity contribution >= 4 is 5.97 Å². The normalized spacial score (nSPS) is 26.8. The minimum absolute atomic E-state index is 0.0146. The zero-order valence-corrected chi connectivity index (χ0v) is 16.8. The third kappa shape index (κ3) is 4.63. The van der Waals surface area contributed by atoms with Gasteiger partial charge in [-0.3, -0.25) is 4.79 Å². The number of nitrogens with zero attached hydrogens (tertiary/aromatic N) is 1. The van der Waals surface area contributed by atoms with E-state index in [1.54, 1.807) is 26.8 Å². The second kappa shape index (κ2) is 7.65. The van der Waals surface area contributed by atoms with Gasteiger partial charge >= 0.3 is 5.97 Å². The summed E-state index contributed by atoms with van der Waals surface area (Å²) in [5.74, 6) is -0.480. The van der Waals surface area contributed by atoms with Gasteiger partial charge in [-0.15, -0.1) is 0 Å². The molecule has 0 saturated heterocycles. The van der Waals surface area contributed by atoms with Gasteiger partial charge in [0, 0.05) is 18.5 Å². The molecule has 1 unspecified atom stereocenters. The third-order valence-electron chi connectivity index (χ3n) is 5.27. The largest absolute Gasteiger partial charge is 0.426 e. The molecule has 0 radical (unpaired) electrons. The molecule has 0 spiro atoms. The van der Waals surface area contributed by atoms with Crippen LogP contribution in [0.1, 0.15) is 52.5 Å². The maximum absolute atomic E-state index is 14.3. The first-order valence-electron chi connectivity index (χ1n) is 9.34. The molecule has 2 rings (SSSR count). The molecule has 1 aliphatic carbocycles. The van der Waals surface area contributed by atoms with Crippen molar-refractivity contribution in [1.82, 2.24) is 4.90 Å². The Morgan fingerprint density at radius 3 is 2.58 bits per heavy atom. The van der Waals surface area contributed by atoms with Crippen LogP contribution in [0, 0.1) is 23.1 Å². The van der Waals surface area contributed by atoms with Crippen LogP contribution >= 0.6 is 0 Å². The Hall–Kier alpha value is -1.46. The van der Waals surface area contributed by atoms with E-state index in [-0.39, 0.29) is 11.7 Å². The van der Waals surface area contributed by atoms with Crippen LogP contribution in [0.3, 0.4) is 0 Å². The summed E-state index contributed by atoms with van der Waals surface area (Å²) in [5.41, 5.74) is -1.32. The molecule has 3 atom stereocenters. The first-order chi connectivity index (χ1) is 11.9. The highest BCUT2D eigenvalue weighted by Gasteiger charge is 2.44. The summed E-state index contributed by atoms with van der Waals surface area (Å²) in [7, 11) is 3.95. The lowest BCUT2D eigenvalue weighted by atomic mass is 9.66. The van der Waals surface area contributed by atoms with Gasteiger partial charge in [-0.2, -0.15) is 0 Å². The Morgan fingerprint density at radius 2 is 2.00 bits per heavy atom. The van der Waals surface area contributed by atoms with E-state index >= 15 is 0 Å². The average Bonchev–Trinajstić information content (AvgIpc) is 2.49. The number of hydrogen-bond donors (Lipinski definition) is 1. The van der Waals surface area contributed by atoms with Crippen LogP contribution in [0.15, 0.2) is 18.2 Å². The number of esters is 1. The number of carbonyl (C=O) groups excluding carboxylic acids is 1. The maximum atomic E-state index is 14.3. The van der Waals surface area contributed by atoms with Gasteiger partial charge in [-0.25, -0.2) is 4.39 Å². The predicted octanol–water partition coefficient (Wildman–Crippen LogP) is 3.96. The molecular formula is C21H32FNO3. The van der Waals surface area contributed by atoms with Gasteiger partial charge in [0.1, 0.15) is 11.6 Å². The SMILES string of the molecule is CC1CCC[C@](O)(c2cc(F)cc(OC(=O)C(C)(C)C)c2)[C@H]1CN(C)C. The van der Waals surface area contributed by atoms with Crippen LogP contribution in [0.5, 0.6) is 5.75 Å². The summed E-state index contributed by atoms with van der Waals surface area (Å²) in [5, 5.41) is 11.5. The van der Waals surface area contributed by atoms with Crippen molar-refractivity contribution in [1.29, 1.82) is 0 Å². The molecule has 146 valence electrons. The fourth-order valence-electron chi connectivity index (χ4n) is 3.77. The molecule has 1 fully saturated rings. The van der Waals surface area contributed by atoms with Gasteiger partial charge in [0.25, 0.3) is 0 Å². The first-order valence-corrected chi connectivity index (χ1v) is 9.34. The van der Waals surface area contributed by atoms with Gasteiger partial charge in [0.2, 0.25) is 0 Å². The van der Waals surface area contributed by atoms with E-state index in [4.69, 9.17) is 4.74 Å². The number of ether oxygens (including phenoxy) is 1. The van der Waals surface area contributed by atoms with Gasteiger partial charge in [-0.1, -0.05) is 13.3 Å². The molecular weight excluding hydrogens is 333 g/mol. The van der Waals surface area contributed by atoms with Gasteiger partial charge in [0.15, 0.2) is 0 Å². The standard InChI is InChI=1S/C21H32FNO3/c1-14-8-7-9-21(25,18(14)13-23(5)6)15-10-16(22)12-17(11-15)26-19(24)20(2,3)4/h10-12,14,18,25H,7-9,13H2,1-6H3/t14?,18-,21-/m0/s1. The second-order valence-corrected chi connectivity index (χ2v) is 8.98. The summed E-state index contributed by atoms with van der Waals surface area (Å²) < 4.78 is 19.7. The van der Waals surface area contributed by atoms with Crippen molar-refractivity contribution < 1.29 is 19.0 Å². The molecule has 1 aliphatic rings. The van der Waals surface area contributed by atoms with Crippen molar-refractivity contribution in [3.8, 4) is 5.75 Å². The molecule has 0 amide bonds. The zero-order valence-electron chi connectivity index (χ0n) is 16.8. The number of aliphatic hydroxyl groups is 1. The highest BCUT2D eigenvalue weighted by molar-refractivity contribution is 5.77. The Labute approximate surface area is 156 Å². The molecule has 0 heterocycles. The molecule has 0 aromatic heterocycles. The third-order valence-corrected chi connectivity index (χ3v) is 5.27. The predicted molar refractivity (Wildman–Crippen MR) is 100 cm³/mol. The molecule has 1 aromatic carbocycles. The van der Waals surface area contributed by atoms with E-state index < -0.39 is 22.8 Å². The van der Waals surface area contributed by atoms with Gasteiger partial charge < -0.3 is 14.7 Å². The summed E-state index contributed by atoms with van der Waals surface area (Å²) in [6.45, 7) is 8.10. The summed E-state index contributed by atoms with van der Waals surface area (Å²) in [4.78, 5) is 14.2. The van der Waals surface area contributed by atoms with Gasteiger partial charge in [-0.05, 0) is 71.3 Å². The van der Waals surface area contributed by atoms with Crippen LogP contribution in [0.2, 0.25) is 0 Å². The number of hydrogen-bond acceptors (Lipinski definition) is 4. The lowest BCUT2D eigenvalue weighted by Crippen LogP contribution is -2.46. The lowest BCUT2D eigenvalue weighted by Gasteiger charge is -2.45. The van der Waals surface area contributed by atoms with E-state index in [1.165, 1.54) is 12.1 Å². The van der Waals surface area contributed by atoms with Crippen LogP contribution in [0.25, 0.3) is 0 Å². The maximum Gasteiger partial charge on any atom is 0.316 e. The molecule has 5 heteroatoms. The van der Waals surface area contributed by atoms with Crippen LogP contribution in [-0.2, 0) is 10.4 Å². The van der Waals surface area contributed by atoms with Crippen molar-refractivity contribution in [3.05, 3.63) is 29.6 Å². The van der Waals surface area contributed by atoms with E-state index in [2.05, 4.69) is 11.8 Å². The molecule has 0 aliphatic heterocycles. The smallest absolute Gasteiger partial charge is 0.316 e. The van der Waals surface area contributed by atoms with Gasteiger partial charge in [0.05, 0.1) is 11.0 Å². The fraction of sp³-hybridized carbons (Fsp3) is 0.667. The molecule has 1 aromatic rings. The van der Waals surface area contributed by atoms with Crippen LogP contribution in [0.4, 0.5) is 4.39 Å². The van der Waals surface area contributed by atoms with Crippen molar-refractivity contribution in [3.63, 3.8) is 0 Å². The van der Waals surface area contributed by atoms with E-state index in [0.717, 1.165) is 12.8 Å². The van der Waals surface area contributed by atoms with Crippen molar-refractivity contribution in [2.24, 2.45) is 17.3 Å². The molecule has 4 nitrogen and oxygen atoms in total. The quantitative estimate of drug-likeness (QED) is 0.648. The Kier molecular flexibility index (Phi) is 6.13. The Morgan fingerprint density at radius 1 is 1.35 bits per heavy atom. The highest BCUT2D eigenvalue weighted by atomic mass is 19.1. The molecule has 1 saturated carbocycles. The Balaban J connectivity index is 2.40. The minimum atomic E-state index is -1.13. The number of halogens is 1. The minimum Gasteiger partial charge on any atom is -0.426 e. The lowest BCUT2D eigenvalue weighted by molar-refractivity contribution is -0.143. The van der Waals surface area contributed by atoms with Crippen LogP contribution in [-0.4, -0.2) is 36.6 Å². The Bertz CT molecular complexity index is 653. The summed E-state index contributed by atoms with van der Waals surface area (Å²) in [6.07, 6.45) is 2.50. The van der Waals surface area contributed by atoms with Crippen LogP contribution < -0.4 is 4.74 Å². The second-order valence-electron chi connectivity index (χ2n) is 8.98. The number of benzene rings is 1. The summed E-state index contributed by atoms with van der Waals surface area (Å²) in [6, 6.07) is 4.19. The van der Waals surface area contributed by atoms with Crippen molar-refractivity contribution in [2.45, 2.75) is 52.6 Å². The number of carbonyl (C=O) groups is 1. The highest BCUT2D eigenvalue weighted by Crippen LogP contribution is 2.45. The number of rotatable bonds is 4. The summed E-state index contributed by atoms with van der Waals surface area (Å²) >= 11 is 0. The van der Waals surface area contributed by atoms with E-state index in [0.29, 0.717) is 24.4 Å². The molecule has 0 bridgehead atoms. The monoisotopic (exact) mass is 365 g/mol.